The molecule has 0 bridgehead atoms. The van der Waals surface area contributed by atoms with Crippen molar-refractivity contribution < 1.29 is 4.79 Å². The Bertz CT molecular complexity index is 1350. The van der Waals surface area contributed by atoms with Gasteiger partial charge < -0.3 is 15.2 Å². The van der Waals surface area contributed by atoms with E-state index in [1.165, 1.54) is 18.4 Å². The van der Waals surface area contributed by atoms with Crippen LogP contribution in [0.3, 0.4) is 0 Å². The van der Waals surface area contributed by atoms with Gasteiger partial charge in [-0.15, -0.1) is 11.3 Å². The minimum absolute atomic E-state index is 0.235. The average Bonchev–Trinajstić information content (AvgIpc) is 3.60. The molecule has 0 saturated carbocycles. The number of hydrogen-bond donors (Lipinski definition) is 2. The summed E-state index contributed by atoms with van der Waals surface area (Å²) in [5, 5.41) is 4.38. The van der Waals surface area contributed by atoms with Crippen molar-refractivity contribution in [3.63, 3.8) is 0 Å². The summed E-state index contributed by atoms with van der Waals surface area (Å²) in [5.41, 5.74) is 6.88. The van der Waals surface area contributed by atoms with E-state index >= 15 is 0 Å². The van der Waals surface area contributed by atoms with Crippen LogP contribution < -0.4 is 5.32 Å². The van der Waals surface area contributed by atoms with Crippen LogP contribution >= 0.6 is 11.3 Å². The van der Waals surface area contributed by atoms with Crippen molar-refractivity contribution in [1.29, 1.82) is 0 Å². The van der Waals surface area contributed by atoms with Gasteiger partial charge in [-0.25, -0.2) is 15.0 Å². The predicted octanol–water partition coefficient (Wildman–Crippen LogP) is 4.02. The molecule has 1 amide bonds. The number of likely N-dealkylation sites (tertiary alicyclic amines) is 1. The standard InChI is InChI=1S/C24H25N7OS/c32-22(13-30-7-1-2-8-30)31-9-5-16(6-10-31)20-12-18-23(25-14-26-24(18)29-20)28-17-3-4-19-21(11-17)33-15-27-19/h3-5,11-12,14-15H,1-2,6-10,13H2,(H2,25,26,28,29). The van der Waals surface area contributed by atoms with Gasteiger partial charge in [0.05, 0.1) is 27.7 Å². The van der Waals surface area contributed by atoms with Crippen molar-refractivity contribution in [2.24, 2.45) is 0 Å². The fourth-order valence-corrected chi connectivity index (χ4v) is 5.37. The SMILES string of the molecule is O=C(CN1CCCC1)N1CC=C(c2cc3c(Nc4ccc5ncsc5c4)ncnc3[nH]2)CC1. The largest absolute Gasteiger partial charge is 0.340 e. The Kier molecular flexibility index (Phi) is 5.27. The van der Waals surface area contributed by atoms with Crippen LogP contribution in [0.2, 0.25) is 0 Å². The minimum atomic E-state index is 0.235. The molecule has 2 aliphatic heterocycles. The predicted molar refractivity (Wildman–Crippen MR) is 132 cm³/mol. The van der Waals surface area contributed by atoms with Crippen LogP contribution in [0.4, 0.5) is 11.5 Å². The molecule has 1 aromatic carbocycles. The molecule has 168 valence electrons. The van der Waals surface area contributed by atoms with Gasteiger partial charge in [-0.1, -0.05) is 6.08 Å². The lowest BCUT2D eigenvalue weighted by molar-refractivity contribution is -0.131. The number of fused-ring (bicyclic) bond motifs is 2. The van der Waals surface area contributed by atoms with E-state index in [-0.39, 0.29) is 5.91 Å². The molecule has 5 heterocycles. The van der Waals surface area contributed by atoms with Gasteiger partial charge in [-0.3, -0.25) is 9.69 Å². The van der Waals surface area contributed by atoms with Gasteiger partial charge in [-0.2, -0.15) is 0 Å². The first kappa shape index (κ1) is 20.3. The van der Waals surface area contributed by atoms with Gasteiger partial charge in [-0.05, 0) is 62.2 Å². The first-order valence-electron chi connectivity index (χ1n) is 11.4. The Hall–Kier alpha value is -3.30. The highest BCUT2D eigenvalue weighted by molar-refractivity contribution is 7.16. The number of rotatable bonds is 5. The topological polar surface area (TPSA) is 90.0 Å². The summed E-state index contributed by atoms with van der Waals surface area (Å²) in [5.74, 6) is 1.00. The lowest BCUT2D eigenvalue weighted by Crippen LogP contribution is -2.41. The summed E-state index contributed by atoms with van der Waals surface area (Å²) in [6, 6.07) is 8.22. The van der Waals surface area contributed by atoms with Crippen LogP contribution in [0, 0.1) is 0 Å². The number of nitrogens with one attached hydrogen (secondary N) is 2. The Morgan fingerprint density at radius 2 is 2.03 bits per heavy atom. The van der Waals surface area contributed by atoms with E-state index in [4.69, 9.17) is 0 Å². The first-order chi connectivity index (χ1) is 16.2. The van der Waals surface area contributed by atoms with Crippen LogP contribution in [0.15, 0.2) is 42.2 Å². The summed E-state index contributed by atoms with van der Waals surface area (Å²) in [7, 11) is 0. The number of anilines is 2. The summed E-state index contributed by atoms with van der Waals surface area (Å²) in [6.07, 6.45) is 6.98. The second-order valence-electron chi connectivity index (χ2n) is 8.63. The second kappa shape index (κ2) is 8.57. The number of amides is 1. The third-order valence-corrected chi connectivity index (χ3v) is 7.28. The smallest absolute Gasteiger partial charge is 0.237 e. The molecular formula is C24H25N7OS. The Morgan fingerprint density at radius 3 is 2.88 bits per heavy atom. The number of carbonyl (C=O) groups is 1. The van der Waals surface area contributed by atoms with E-state index in [0.29, 0.717) is 13.1 Å². The van der Waals surface area contributed by atoms with Crippen molar-refractivity contribution in [3.05, 3.63) is 47.9 Å². The molecule has 0 atom stereocenters. The van der Waals surface area contributed by atoms with E-state index in [1.807, 2.05) is 22.5 Å². The first-order valence-corrected chi connectivity index (χ1v) is 12.2. The molecule has 0 aliphatic carbocycles. The number of nitrogens with zero attached hydrogens (tertiary/aromatic N) is 5. The Morgan fingerprint density at radius 1 is 1.12 bits per heavy atom. The average molecular weight is 460 g/mol. The number of H-pyrrole nitrogens is 1. The maximum absolute atomic E-state index is 12.6. The molecule has 8 nitrogen and oxygen atoms in total. The molecule has 2 aliphatic rings. The van der Waals surface area contributed by atoms with E-state index in [9.17, 15) is 4.79 Å². The van der Waals surface area contributed by atoms with Crippen LogP contribution in [-0.2, 0) is 4.79 Å². The van der Waals surface area contributed by atoms with Crippen molar-refractivity contribution >= 4 is 55.6 Å². The van der Waals surface area contributed by atoms with Gasteiger partial charge in [0.25, 0.3) is 0 Å². The normalized spacial score (nSPS) is 17.1. The number of aromatic nitrogens is 4. The van der Waals surface area contributed by atoms with Gasteiger partial charge in [0.2, 0.25) is 5.91 Å². The van der Waals surface area contributed by atoms with Gasteiger partial charge in [0.1, 0.15) is 17.8 Å². The molecule has 0 unspecified atom stereocenters. The number of carbonyl (C=O) groups excluding carboxylic acids is 1. The van der Waals surface area contributed by atoms with Crippen LogP contribution in [0.5, 0.6) is 0 Å². The van der Waals surface area contributed by atoms with Gasteiger partial charge in [0, 0.05) is 24.5 Å². The van der Waals surface area contributed by atoms with Crippen LogP contribution in [0.1, 0.15) is 25.0 Å². The third-order valence-electron chi connectivity index (χ3n) is 6.49. The Balaban J connectivity index is 1.20. The highest BCUT2D eigenvalue weighted by atomic mass is 32.1. The second-order valence-corrected chi connectivity index (χ2v) is 9.52. The summed E-state index contributed by atoms with van der Waals surface area (Å²) < 4.78 is 1.14. The van der Waals surface area contributed by atoms with Gasteiger partial charge in [0.15, 0.2) is 0 Å². The lowest BCUT2D eigenvalue weighted by atomic mass is 10.0. The highest BCUT2D eigenvalue weighted by Crippen LogP contribution is 2.30. The van der Waals surface area contributed by atoms with E-state index in [0.717, 1.165) is 64.5 Å². The third kappa shape index (κ3) is 4.09. The molecule has 33 heavy (non-hydrogen) atoms. The molecule has 3 aromatic heterocycles. The molecule has 2 N–H and O–H groups in total. The van der Waals surface area contributed by atoms with Crippen molar-refractivity contribution in [1.82, 2.24) is 29.7 Å². The summed E-state index contributed by atoms with van der Waals surface area (Å²) in [6.45, 7) is 4.05. The van der Waals surface area contributed by atoms with E-state index in [2.05, 4.69) is 48.4 Å². The van der Waals surface area contributed by atoms with Gasteiger partial charge >= 0.3 is 0 Å². The molecule has 1 fully saturated rings. The number of aromatic amines is 1. The van der Waals surface area contributed by atoms with Crippen molar-refractivity contribution in [3.8, 4) is 0 Å². The monoisotopic (exact) mass is 459 g/mol. The zero-order valence-electron chi connectivity index (χ0n) is 18.3. The molecule has 9 heteroatoms. The number of thiazole rings is 1. The zero-order valence-corrected chi connectivity index (χ0v) is 19.1. The molecular weight excluding hydrogens is 434 g/mol. The molecule has 1 saturated heterocycles. The quantitative estimate of drug-likeness (QED) is 0.469. The van der Waals surface area contributed by atoms with Crippen LogP contribution in [0.25, 0.3) is 26.8 Å². The maximum Gasteiger partial charge on any atom is 0.237 e. The number of benzene rings is 1. The molecule has 0 spiro atoms. The van der Waals surface area contributed by atoms with E-state index in [1.54, 1.807) is 17.7 Å². The zero-order chi connectivity index (χ0) is 22.2. The number of hydrogen-bond acceptors (Lipinski definition) is 7. The van der Waals surface area contributed by atoms with Crippen LogP contribution in [-0.4, -0.2) is 68.4 Å². The summed E-state index contributed by atoms with van der Waals surface area (Å²) >= 11 is 1.62. The maximum atomic E-state index is 12.6. The lowest BCUT2D eigenvalue weighted by Gasteiger charge is -2.28. The van der Waals surface area contributed by atoms with Crippen molar-refractivity contribution in [2.45, 2.75) is 19.3 Å². The Labute approximate surface area is 195 Å². The highest BCUT2D eigenvalue weighted by Gasteiger charge is 2.22. The molecule has 0 radical (unpaired) electrons. The fraction of sp³-hybridized carbons (Fsp3) is 0.333. The minimum Gasteiger partial charge on any atom is -0.340 e. The van der Waals surface area contributed by atoms with E-state index < -0.39 is 0 Å². The fourth-order valence-electron chi connectivity index (χ4n) is 4.65. The molecule has 6 rings (SSSR count). The summed E-state index contributed by atoms with van der Waals surface area (Å²) in [4.78, 5) is 33.6. The van der Waals surface area contributed by atoms with Crippen molar-refractivity contribution in [2.75, 3.05) is 38.0 Å². The molecule has 4 aromatic rings.